The van der Waals surface area contributed by atoms with Gasteiger partial charge in [-0.05, 0) is 42.8 Å². The lowest BCUT2D eigenvalue weighted by Crippen LogP contribution is -2.37. The first-order valence-corrected chi connectivity index (χ1v) is 7.67. The molecule has 0 spiro atoms. The minimum absolute atomic E-state index is 0.0965. The van der Waals surface area contributed by atoms with Crippen molar-refractivity contribution in [3.63, 3.8) is 0 Å². The number of carbonyl (C=O) groups is 1. The number of halogens is 1. The van der Waals surface area contributed by atoms with Gasteiger partial charge in [-0.2, -0.15) is 0 Å². The average Bonchev–Trinajstić information content (AvgIpc) is 2.54. The molecule has 0 aliphatic heterocycles. The Balaban J connectivity index is 1.95. The molecule has 0 radical (unpaired) electrons. The fourth-order valence-corrected chi connectivity index (χ4v) is 2.37. The molecule has 1 atom stereocenters. The Kier molecular flexibility index (Phi) is 5.88. The molecule has 0 aromatic heterocycles. The molecule has 2 aromatic carbocycles. The highest BCUT2D eigenvalue weighted by Crippen LogP contribution is 2.19. The second kappa shape index (κ2) is 7.88. The standard InChI is InChI=1S/C18H20ClNO3/c1-13(23-17-6-4-5-15(19)11-17)18(21)20(2)12-14-7-9-16(22-3)10-8-14/h4-11,13H,12H2,1-3H3. The van der Waals surface area contributed by atoms with Crippen LogP contribution in [0.1, 0.15) is 12.5 Å². The van der Waals surface area contributed by atoms with Crippen LogP contribution < -0.4 is 9.47 Å². The van der Waals surface area contributed by atoms with E-state index in [1.807, 2.05) is 24.3 Å². The van der Waals surface area contributed by atoms with Crippen molar-refractivity contribution in [2.75, 3.05) is 14.2 Å². The molecule has 0 saturated heterocycles. The van der Waals surface area contributed by atoms with Crippen molar-refractivity contribution in [1.82, 2.24) is 4.90 Å². The summed E-state index contributed by atoms with van der Waals surface area (Å²) in [5, 5.41) is 0.578. The molecule has 0 aliphatic rings. The topological polar surface area (TPSA) is 38.8 Å². The molecule has 4 nitrogen and oxygen atoms in total. The van der Waals surface area contributed by atoms with Crippen LogP contribution in [0.4, 0.5) is 0 Å². The van der Waals surface area contributed by atoms with Crippen LogP contribution in [0.15, 0.2) is 48.5 Å². The number of rotatable bonds is 6. The van der Waals surface area contributed by atoms with E-state index in [-0.39, 0.29) is 5.91 Å². The monoisotopic (exact) mass is 333 g/mol. The van der Waals surface area contributed by atoms with Gasteiger partial charge in [0.15, 0.2) is 6.10 Å². The van der Waals surface area contributed by atoms with Gasteiger partial charge in [0, 0.05) is 18.6 Å². The van der Waals surface area contributed by atoms with E-state index in [2.05, 4.69) is 0 Å². The second-order valence-corrected chi connectivity index (χ2v) is 5.70. The highest BCUT2D eigenvalue weighted by molar-refractivity contribution is 6.30. The van der Waals surface area contributed by atoms with E-state index < -0.39 is 6.10 Å². The predicted octanol–water partition coefficient (Wildman–Crippen LogP) is 3.77. The number of benzene rings is 2. The maximum Gasteiger partial charge on any atom is 0.263 e. The summed E-state index contributed by atoms with van der Waals surface area (Å²) in [5.41, 5.74) is 1.02. The van der Waals surface area contributed by atoms with Crippen LogP contribution in [0.3, 0.4) is 0 Å². The summed E-state index contributed by atoms with van der Waals surface area (Å²) < 4.78 is 10.8. The number of methoxy groups -OCH3 is 1. The summed E-state index contributed by atoms with van der Waals surface area (Å²) in [6, 6.07) is 14.6. The molecule has 122 valence electrons. The molecular weight excluding hydrogens is 314 g/mol. The maximum absolute atomic E-state index is 12.4. The summed E-state index contributed by atoms with van der Waals surface area (Å²) >= 11 is 5.92. The number of amides is 1. The average molecular weight is 334 g/mol. The van der Waals surface area contributed by atoms with Crippen molar-refractivity contribution in [3.05, 3.63) is 59.1 Å². The van der Waals surface area contributed by atoms with E-state index in [9.17, 15) is 4.79 Å². The summed E-state index contributed by atoms with van der Waals surface area (Å²) in [7, 11) is 3.38. The van der Waals surface area contributed by atoms with Gasteiger partial charge in [-0.3, -0.25) is 4.79 Å². The summed E-state index contributed by atoms with van der Waals surface area (Å²) in [6.45, 7) is 2.24. The van der Waals surface area contributed by atoms with Crippen molar-refractivity contribution in [2.45, 2.75) is 19.6 Å². The van der Waals surface area contributed by atoms with Gasteiger partial charge in [-0.1, -0.05) is 29.8 Å². The van der Waals surface area contributed by atoms with E-state index in [1.54, 1.807) is 50.2 Å². The molecule has 1 unspecified atom stereocenters. The zero-order chi connectivity index (χ0) is 16.8. The molecule has 23 heavy (non-hydrogen) atoms. The summed E-state index contributed by atoms with van der Waals surface area (Å²) in [4.78, 5) is 14.0. The normalized spacial score (nSPS) is 11.7. The van der Waals surface area contributed by atoms with Gasteiger partial charge in [-0.25, -0.2) is 0 Å². The van der Waals surface area contributed by atoms with Gasteiger partial charge in [0.1, 0.15) is 11.5 Å². The van der Waals surface area contributed by atoms with Crippen LogP contribution in [-0.4, -0.2) is 31.1 Å². The Morgan fingerprint density at radius 2 is 1.87 bits per heavy atom. The number of likely N-dealkylation sites (N-methyl/N-ethyl adjacent to an activating group) is 1. The van der Waals surface area contributed by atoms with E-state index >= 15 is 0 Å². The maximum atomic E-state index is 12.4. The van der Waals surface area contributed by atoms with E-state index in [4.69, 9.17) is 21.1 Å². The van der Waals surface area contributed by atoms with Gasteiger partial charge in [-0.15, -0.1) is 0 Å². The van der Waals surface area contributed by atoms with Gasteiger partial charge < -0.3 is 14.4 Å². The van der Waals surface area contributed by atoms with Crippen LogP contribution in [0, 0.1) is 0 Å². The van der Waals surface area contributed by atoms with Crippen LogP contribution in [0.2, 0.25) is 5.02 Å². The Labute approximate surface area is 141 Å². The SMILES string of the molecule is COc1ccc(CN(C)C(=O)C(C)Oc2cccc(Cl)c2)cc1. The highest BCUT2D eigenvalue weighted by Gasteiger charge is 2.19. The lowest BCUT2D eigenvalue weighted by atomic mass is 10.2. The molecule has 0 aliphatic carbocycles. The van der Waals surface area contributed by atoms with Crippen molar-refractivity contribution in [3.8, 4) is 11.5 Å². The van der Waals surface area contributed by atoms with Crippen molar-refractivity contribution >= 4 is 17.5 Å². The van der Waals surface area contributed by atoms with E-state index in [1.165, 1.54) is 0 Å². The fourth-order valence-electron chi connectivity index (χ4n) is 2.19. The third-order valence-corrected chi connectivity index (χ3v) is 3.65. The number of nitrogens with zero attached hydrogens (tertiary/aromatic N) is 1. The summed E-state index contributed by atoms with van der Waals surface area (Å²) in [5.74, 6) is 1.28. The highest BCUT2D eigenvalue weighted by atomic mass is 35.5. The zero-order valence-corrected chi connectivity index (χ0v) is 14.2. The van der Waals surface area contributed by atoms with Gasteiger partial charge >= 0.3 is 0 Å². The molecule has 2 rings (SSSR count). The molecule has 5 heteroatoms. The van der Waals surface area contributed by atoms with Crippen molar-refractivity contribution < 1.29 is 14.3 Å². The summed E-state index contributed by atoms with van der Waals surface area (Å²) in [6.07, 6.45) is -0.586. The first-order chi connectivity index (χ1) is 11.0. The quantitative estimate of drug-likeness (QED) is 0.807. The van der Waals surface area contributed by atoms with Gasteiger partial charge in [0.2, 0.25) is 0 Å². The smallest absolute Gasteiger partial charge is 0.263 e. The molecule has 0 saturated carbocycles. The van der Waals surface area contributed by atoms with Crippen LogP contribution in [0.25, 0.3) is 0 Å². The van der Waals surface area contributed by atoms with Gasteiger partial charge in [0.25, 0.3) is 5.91 Å². The number of hydrogen-bond donors (Lipinski definition) is 0. The van der Waals surface area contributed by atoms with Crippen molar-refractivity contribution in [2.24, 2.45) is 0 Å². The van der Waals surface area contributed by atoms with E-state index in [0.717, 1.165) is 11.3 Å². The molecule has 0 heterocycles. The Hall–Kier alpha value is -2.20. The largest absolute Gasteiger partial charge is 0.497 e. The number of carbonyl (C=O) groups excluding carboxylic acids is 1. The second-order valence-electron chi connectivity index (χ2n) is 5.26. The van der Waals surface area contributed by atoms with Crippen LogP contribution in [-0.2, 0) is 11.3 Å². The molecule has 0 bridgehead atoms. The molecule has 0 N–H and O–H groups in total. The van der Waals surface area contributed by atoms with Crippen LogP contribution >= 0.6 is 11.6 Å². The number of ether oxygens (including phenoxy) is 2. The third-order valence-electron chi connectivity index (χ3n) is 3.41. The molecule has 1 amide bonds. The first kappa shape index (κ1) is 17.2. The minimum atomic E-state index is -0.586. The predicted molar refractivity (Wildman–Crippen MR) is 91.0 cm³/mol. The number of hydrogen-bond acceptors (Lipinski definition) is 3. The first-order valence-electron chi connectivity index (χ1n) is 7.29. The third kappa shape index (κ3) is 4.89. The molecular formula is C18H20ClNO3. The minimum Gasteiger partial charge on any atom is -0.497 e. The lowest BCUT2D eigenvalue weighted by Gasteiger charge is -2.22. The van der Waals surface area contributed by atoms with Crippen molar-refractivity contribution in [1.29, 1.82) is 0 Å². The lowest BCUT2D eigenvalue weighted by molar-refractivity contribution is -0.137. The van der Waals surface area contributed by atoms with Crippen LogP contribution in [0.5, 0.6) is 11.5 Å². The Morgan fingerprint density at radius 3 is 2.48 bits per heavy atom. The molecule has 2 aromatic rings. The Bertz CT molecular complexity index is 658. The zero-order valence-electron chi connectivity index (χ0n) is 13.5. The molecule has 0 fully saturated rings. The van der Waals surface area contributed by atoms with Gasteiger partial charge in [0.05, 0.1) is 7.11 Å². The Morgan fingerprint density at radius 1 is 1.17 bits per heavy atom. The van der Waals surface area contributed by atoms with E-state index in [0.29, 0.717) is 17.3 Å². The fraction of sp³-hybridized carbons (Fsp3) is 0.278.